The summed E-state index contributed by atoms with van der Waals surface area (Å²) in [6.07, 6.45) is 3.69. The van der Waals surface area contributed by atoms with E-state index in [4.69, 9.17) is 0 Å². The number of hydrogen-bond donors (Lipinski definition) is 1. The third-order valence-electron chi connectivity index (χ3n) is 3.79. The molecule has 1 N–H and O–H groups in total. The SMILES string of the molecule is CN1CCc2nc(NC(=O)c3cn4cc(F)ccc4n3)sc2C1. The van der Waals surface area contributed by atoms with Gasteiger partial charge in [0.2, 0.25) is 0 Å². The number of fused-ring (bicyclic) bond motifs is 2. The van der Waals surface area contributed by atoms with Gasteiger partial charge in [0.15, 0.2) is 5.13 Å². The van der Waals surface area contributed by atoms with Crippen LogP contribution in [0.25, 0.3) is 5.65 Å². The minimum Gasteiger partial charge on any atom is -0.303 e. The van der Waals surface area contributed by atoms with Crippen molar-refractivity contribution in [3.8, 4) is 0 Å². The maximum Gasteiger partial charge on any atom is 0.277 e. The molecular weight excluding hydrogens is 317 g/mol. The van der Waals surface area contributed by atoms with Crippen LogP contribution in [-0.2, 0) is 13.0 Å². The standard InChI is InChI=1S/C15H14FN5OS/c1-20-5-4-10-12(8-20)23-15(18-10)19-14(22)11-7-21-6-9(16)2-3-13(21)17-11/h2-3,6-7H,4-5,8H2,1H3,(H,18,19,22). The van der Waals surface area contributed by atoms with Crippen LogP contribution in [0.1, 0.15) is 21.1 Å². The molecule has 4 rings (SSSR count). The zero-order valence-electron chi connectivity index (χ0n) is 12.4. The van der Waals surface area contributed by atoms with Crippen molar-refractivity contribution in [1.82, 2.24) is 19.3 Å². The lowest BCUT2D eigenvalue weighted by atomic mass is 10.2. The summed E-state index contributed by atoms with van der Waals surface area (Å²) in [5.41, 5.74) is 1.82. The van der Waals surface area contributed by atoms with E-state index in [-0.39, 0.29) is 17.4 Å². The summed E-state index contributed by atoms with van der Waals surface area (Å²) in [5.74, 6) is -0.716. The first-order chi connectivity index (χ1) is 11.1. The number of amides is 1. The Bertz CT molecular complexity index is 903. The van der Waals surface area contributed by atoms with Gasteiger partial charge in [-0.05, 0) is 19.2 Å². The molecule has 1 aliphatic heterocycles. The van der Waals surface area contributed by atoms with E-state index in [1.807, 2.05) is 0 Å². The van der Waals surface area contributed by atoms with Crippen molar-refractivity contribution in [2.75, 3.05) is 18.9 Å². The van der Waals surface area contributed by atoms with Crippen molar-refractivity contribution in [2.45, 2.75) is 13.0 Å². The van der Waals surface area contributed by atoms with Gasteiger partial charge >= 0.3 is 0 Å². The molecule has 0 saturated heterocycles. The Balaban J connectivity index is 1.57. The third kappa shape index (κ3) is 2.71. The summed E-state index contributed by atoms with van der Waals surface area (Å²) in [6.45, 7) is 1.83. The van der Waals surface area contributed by atoms with Gasteiger partial charge in [-0.3, -0.25) is 10.1 Å². The number of imidazole rings is 1. The summed E-state index contributed by atoms with van der Waals surface area (Å²) in [4.78, 5) is 24.4. The Kier molecular flexibility index (Phi) is 3.35. The quantitative estimate of drug-likeness (QED) is 0.782. The zero-order chi connectivity index (χ0) is 16.0. The van der Waals surface area contributed by atoms with E-state index in [0.717, 1.165) is 25.2 Å². The van der Waals surface area contributed by atoms with Crippen molar-refractivity contribution in [1.29, 1.82) is 0 Å². The number of rotatable bonds is 2. The van der Waals surface area contributed by atoms with E-state index in [0.29, 0.717) is 10.8 Å². The molecule has 0 atom stereocenters. The maximum absolute atomic E-state index is 13.2. The number of carbonyl (C=O) groups excluding carboxylic acids is 1. The van der Waals surface area contributed by atoms with Crippen LogP contribution < -0.4 is 5.32 Å². The summed E-state index contributed by atoms with van der Waals surface area (Å²) < 4.78 is 14.7. The second-order valence-electron chi connectivity index (χ2n) is 5.57. The van der Waals surface area contributed by atoms with E-state index in [1.54, 1.807) is 0 Å². The number of halogens is 1. The third-order valence-corrected chi connectivity index (χ3v) is 4.79. The normalized spacial score (nSPS) is 14.9. The number of nitrogens with one attached hydrogen (secondary N) is 1. The first-order valence-corrected chi connectivity index (χ1v) is 8.03. The number of hydrogen-bond acceptors (Lipinski definition) is 5. The molecule has 3 aromatic heterocycles. The lowest BCUT2D eigenvalue weighted by Gasteiger charge is -2.20. The molecule has 0 spiro atoms. The lowest BCUT2D eigenvalue weighted by molar-refractivity contribution is 0.102. The second-order valence-corrected chi connectivity index (χ2v) is 6.65. The highest BCUT2D eigenvalue weighted by Crippen LogP contribution is 2.27. The van der Waals surface area contributed by atoms with Crippen molar-refractivity contribution in [3.05, 3.63) is 46.6 Å². The number of likely N-dealkylation sites (N-methyl/N-ethyl adjacent to an activating group) is 1. The Labute approximate surface area is 135 Å². The Morgan fingerprint density at radius 2 is 2.22 bits per heavy atom. The van der Waals surface area contributed by atoms with Crippen LogP contribution >= 0.6 is 11.3 Å². The number of thiazole rings is 1. The summed E-state index contributed by atoms with van der Waals surface area (Å²) in [7, 11) is 2.07. The molecule has 6 nitrogen and oxygen atoms in total. The summed E-state index contributed by atoms with van der Waals surface area (Å²) >= 11 is 1.49. The molecule has 1 aliphatic rings. The number of anilines is 1. The Hall–Kier alpha value is -2.32. The fourth-order valence-electron chi connectivity index (χ4n) is 2.61. The van der Waals surface area contributed by atoms with Crippen LogP contribution in [0.3, 0.4) is 0 Å². The van der Waals surface area contributed by atoms with E-state index < -0.39 is 0 Å². The topological polar surface area (TPSA) is 62.5 Å². The van der Waals surface area contributed by atoms with Gasteiger partial charge in [-0.2, -0.15) is 0 Å². The molecule has 0 aromatic carbocycles. The van der Waals surface area contributed by atoms with Crippen molar-refractivity contribution in [3.63, 3.8) is 0 Å². The maximum atomic E-state index is 13.2. The van der Waals surface area contributed by atoms with Gasteiger partial charge in [0.25, 0.3) is 5.91 Å². The minimum atomic E-state index is -0.376. The average Bonchev–Trinajstić information content (AvgIpc) is 3.09. The van der Waals surface area contributed by atoms with E-state index in [1.165, 1.54) is 45.1 Å². The van der Waals surface area contributed by atoms with Crippen LogP contribution in [0.5, 0.6) is 0 Å². The van der Waals surface area contributed by atoms with Crippen molar-refractivity contribution >= 4 is 28.0 Å². The first-order valence-electron chi connectivity index (χ1n) is 7.21. The van der Waals surface area contributed by atoms with Gasteiger partial charge in [0.05, 0.1) is 5.69 Å². The van der Waals surface area contributed by atoms with Crippen LogP contribution in [0, 0.1) is 5.82 Å². The molecule has 8 heteroatoms. The molecule has 4 heterocycles. The molecule has 118 valence electrons. The van der Waals surface area contributed by atoms with Gasteiger partial charge in [-0.25, -0.2) is 14.4 Å². The largest absolute Gasteiger partial charge is 0.303 e. The number of carbonyl (C=O) groups is 1. The smallest absolute Gasteiger partial charge is 0.277 e. The summed E-state index contributed by atoms with van der Waals surface area (Å²) in [6, 6.07) is 2.85. The molecule has 0 radical (unpaired) electrons. The van der Waals surface area contributed by atoms with Gasteiger partial charge in [0.1, 0.15) is 17.2 Å². The van der Waals surface area contributed by atoms with Crippen molar-refractivity contribution < 1.29 is 9.18 Å². The first kappa shape index (κ1) is 14.3. The fourth-order valence-corrected chi connectivity index (χ4v) is 3.70. The van der Waals surface area contributed by atoms with E-state index >= 15 is 0 Å². The number of aromatic nitrogens is 3. The highest BCUT2D eigenvalue weighted by Gasteiger charge is 2.20. The van der Waals surface area contributed by atoms with Gasteiger partial charge in [0, 0.05) is 36.8 Å². The molecule has 23 heavy (non-hydrogen) atoms. The zero-order valence-corrected chi connectivity index (χ0v) is 13.2. The van der Waals surface area contributed by atoms with Gasteiger partial charge in [-0.15, -0.1) is 11.3 Å². The highest BCUT2D eigenvalue weighted by molar-refractivity contribution is 7.15. The predicted octanol–water partition coefficient (Wildman–Crippen LogP) is 2.17. The minimum absolute atomic E-state index is 0.237. The van der Waals surface area contributed by atoms with E-state index in [2.05, 4.69) is 27.2 Å². The van der Waals surface area contributed by atoms with Crippen LogP contribution in [0.2, 0.25) is 0 Å². The average molecular weight is 331 g/mol. The molecule has 1 amide bonds. The van der Waals surface area contributed by atoms with Crippen LogP contribution in [-0.4, -0.2) is 38.8 Å². The molecule has 0 fully saturated rings. The highest BCUT2D eigenvalue weighted by atomic mass is 32.1. The molecule has 0 aliphatic carbocycles. The molecule has 0 unspecified atom stereocenters. The van der Waals surface area contributed by atoms with Gasteiger partial charge < -0.3 is 9.30 Å². The monoisotopic (exact) mass is 331 g/mol. The number of pyridine rings is 1. The lowest BCUT2D eigenvalue weighted by Crippen LogP contribution is -2.25. The molecule has 0 saturated carbocycles. The molecular formula is C15H14FN5OS. The fraction of sp³-hybridized carbons (Fsp3) is 0.267. The van der Waals surface area contributed by atoms with Crippen molar-refractivity contribution in [2.24, 2.45) is 0 Å². The second kappa shape index (κ2) is 5.39. The molecule has 3 aromatic rings. The van der Waals surface area contributed by atoms with Crippen LogP contribution in [0.4, 0.5) is 9.52 Å². The predicted molar refractivity (Wildman–Crippen MR) is 85.3 cm³/mol. The Morgan fingerprint density at radius 1 is 1.35 bits per heavy atom. The Morgan fingerprint density at radius 3 is 3.09 bits per heavy atom. The van der Waals surface area contributed by atoms with Crippen LogP contribution in [0.15, 0.2) is 24.5 Å². The summed E-state index contributed by atoms with van der Waals surface area (Å²) in [5, 5.41) is 3.37. The molecule has 0 bridgehead atoms. The number of nitrogens with zero attached hydrogens (tertiary/aromatic N) is 4. The van der Waals surface area contributed by atoms with E-state index in [9.17, 15) is 9.18 Å². The van der Waals surface area contributed by atoms with Gasteiger partial charge in [-0.1, -0.05) is 0 Å².